The van der Waals surface area contributed by atoms with Gasteiger partial charge in [-0.1, -0.05) is 11.6 Å². The summed E-state index contributed by atoms with van der Waals surface area (Å²) >= 11 is 11.5. The van der Waals surface area contributed by atoms with Gasteiger partial charge in [0.15, 0.2) is 0 Å². The Morgan fingerprint density at radius 2 is 2.06 bits per heavy atom. The maximum absolute atomic E-state index is 12.4. The highest BCUT2D eigenvalue weighted by atomic mass is 35.5. The van der Waals surface area contributed by atoms with Crippen LogP contribution in [0.2, 0.25) is 5.02 Å². The normalized spacial score (nSPS) is 17.9. The van der Waals surface area contributed by atoms with Gasteiger partial charge < -0.3 is 5.32 Å². The molecule has 0 aliphatic heterocycles. The van der Waals surface area contributed by atoms with E-state index in [9.17, 15) is 13.2 Å². The molecule has 0 bridgehead atoms. The number of rotatable bonds is 3. The highest BCUT2D eigenvalue weighted by molar-refractivity contribution is 6.33. The lowest BCUT2D eigenvalue weighted by atomic mass is 10.2. The van der Waals surface area contributed by atoms with E-state index in [4.69, 9.17) is 23.2 Å². The number of aromatic nitrogens is 1. The maximum atomic E-state index is 12.4. The molecule has 2 nitrogen and oxygen atoms in total. The lowest BCUT2D eigenvalue weighted by molar-refractivity contribution is -0.137. The minimum absolute atomic E-state index is 0.0452. The van der Waals surface area contributed by atoms with E-state index >= 15 is 0 Å². The lowest BCUT2D eigenvalue weighted by Gasteiger charge is -2.16. The average molecular weight is 285 g/mol. The van der Waals surface area contributed by atoms with Gasteiger partial charge in [0.1, 0.15) is 5.82 Å². The van der Waals surface area contributed by atoms with Crippen LogP contribution in [0.25, 0.3) is 0 Å². The standard InChI is InChI=1S/C10H9Cl2F3N2/c11-5-9(1-2-9)17-8-7(12)3-6(4-16-8)10(13,14)15/h3-4H,1-2,5H2,(H,16,17). The molecular formula is C10H9Cl2F3N2. The first-order valence-electron chi connectivity index (χ1n) is 4.93. The van der Waals surface area contributed by atoms with Crippen molar-refractivity contribution in [3.05, 3.63) is 22.8 Å². The maximum Gasteiger partial charge on any atom is 0.417 e. The van der Waals surface area contributed by atoms with Crippen LogP contribution in [0.5, 0.6) is 0 Å². The van der Waals surface area contributed by atoms with Crippen LogP contribution in [0.4, 0.5) is 19.0 Å². The van der Waals surface area contributed by atoms with Crippen molar-refractivity contribution < 1.29 is 13.2 Å². The largest absolute Gasteiger partial charge is 0.417 e. The molecule has 1 N–H and O–H groups in total. The Hall–Kier alpha value is -0.680. The molecule has 0 radical (unpaired) electrons. The van der Waals surface area contributed by atoms with Crippen LogP contribution in [0.15, 0.2) is 12.3 Å². The van der Waals surface area contributed by atoms with Crippen LogP contribution in [-0.2, 0) is 6.18 Å². The first kappa shape index (κ1) is 12.8. The molecule has 7 heteroatoms. The fourth-order valence-corrected chi connectivity index (χ4v) is 1.93. The molecule has 1 aromatic heterocycles. The fraction of sp³-hybridized carbons (Fsp3) is 0.500. The summed E-state index contributed by atoms with van der Waals surface area (Å²) in [5.74, 6) is 0.629. The third-order valence-corrected chi connectivity index (χ3v) is 3.46. The molecule has 0 unspecified atom stereocenters. The minimum Gasteiger partial charge on any atom is -0.362 e. The summed E-state index contributed by atoms with van der Waals surface area (Å²) in [4.78, 5) is 3.70. The predicted octanol–water partition coefficient (Wildman–Crippen LogP) is 3.94. The zero-order chi connectivity index (χ0) is 12.7. The molecule has 1 aromatic rings. The van der Waals surface area contributed by atoms with Crippen molar-refractivity contribution in [2.75, 3.05) is 11.2 Å². The molecule has 1 aliphatic rings. The van der Waals surface area contributed by atoms with Crippen molar-refractivity contribution in [1.82, 2.24) is 4.98 Å². The van der Waals surface area contributed by atoms with Crippen molar-refractivity contribution in [3.8, 4) is 0 Å². The van der Waals surface area contributed by atoms with Gasteiger partial charge in [-0.25, -0.2) is 4.98 Å². The van der Waals surface area contributed by atoms with Gasteiger partial charge in [0.25, 0.3) is 0 Å². The molecule has 0 atom stereocenters. The molecule has 0 saturated heterocycles. The second-order valence-corrected chi connectivity index (χ2v) is 4.77. The summed E-state index contributed by atoms with van der Waals surface area (Å²) < 4.78 is 37.1. The van der Waals surface area contributed by atoms with E-state index in [0.717, 1.165) is 25.1 Å². The van der Waals surface area contributed by atoms with E-state index in [0.29, 0.717) is 5.88 Å². The van der Waals surface area contributed by atoms with Crippen LogP contribution in [0.3, 0.4) is 0 Å². The van der Waals surface area contributed by atoms with Gasteiger partial charge in [0.05, 0.1) is 16.1 Å². The Morgan fingerprint density at radius 3 is 2.47 bits per heavy atom. The van der Waals surface area contributed by atoms with Crippen LogP contribution in [-0.4, -0.2) is 16.4 Å². The third kappa shape index (κ3) is 2.77. The van der Waals surface area contributed by atoms with Crippen molar-refractivity contribution in [3.63, 3.8) is 0 Å². The number of nitrogens with one attached hydrogen (secondary N) is 1. The number of pyridine rings is 1. The molecule has 1 fully saturated rings. The molecule has 1 saturated carbocycles. The second kappa shape index (κ2) is 4.21. The van der Waals surface area contributed by atoms with Gasteiger partial charge in [-0.3, -0.25) is 0 Å². The van der Waals surface area contributed by atoms with Crippen LogP contribution < -0.4 is 5.32 Å². The quantitative estimate of drug-likeness (QED) is 0.851. The number of hydrogen-bond donors (Lipinski definition) is 1. The Labute approximate surface area is 106 Å². The Balaban J connectivity index is 2.20. The summed E-state index contributed by atoms with van der Waals surface area (Å²) in [6, 6.07) is 0.862. The predicted molar refractivity (Wildman–Crippen MR) is 60.6 cm³/mol. The van der Waals surface area contributed by atoms with Gasteiger partial charge in [0.2, 0.25) is 0 Å². The summed E-state index contributed by atoms with van der Waals surface area (Å²) in [5, 5.41) is 2.94. The monoisotopic (exact) mass is 284 g/mol. The molecule has 0 aromatic carbocycles. The van der Waals surface area contributed by atoms with Gasteiger partial charge in [-0.15, -0.1) is 11.6 Å². The highest BCUT2D eigenvalue weighted by Gasteiger charge is 2.42. The Kier molecular flexibility index (Phi) is 3.16. The summed E-state index contributed by atoms with van der Waals surface area (Å²) in [6.45, 7) is 0. The number of anilines is 1. The van der Waals surface area contributed by atoms with Gasteiger partial charge >= 0.3 is 6.18 Å². The van der Waals surface area contributed by atoms with E-state index in [2.05, 4.69) is 10.3 Å². The minimum atomic E-state index is -4.43. The Morgan fingerprint density at radius 1 is 1.41 bits per heavy atom. The van der Waals surface area contributed by atoms with Crippen molar-refractivity contribution in [2.24, 2.45) is 0 Å². The number of halogens is 5. The van der Waals surface area contributed by atoms with Crippen molar-refractivity contribution >= 4 is 29.0 Å². The van der Waals surface area contributed by atoms with Gasteiger partial charge in [-0.05, 0) is 18.9 Å². The van der Waals surface area contributed by atoms with Crippen LogP contribution in [0, 0.1) is 0 Å². The molecule has 94 valence electrons. The SMILES string of the molecule is FC(F)(F)c1cnc(NC2(CCl)CC2)c(Cl)c1. The molecule has 0 amide bonds. The zero-order valence-electron chi connectivity index (χ0n) is 8.61. The summed E-state index contributed by atoms with van der Waals surface area (Å²) in [6.07, 6.45) is -1.93. The first-order valence-corrected chi connectivity index (χ1v) is 5.84. The zero-order valence-corrected chi connectivity index (χ0v) is 10.1. The molecule has 17 heavy (non-hydrogen) atoms. The highest BCUT2D eigenvalue weighted by Crippen LogP contribution is 2.41. The smallest absolute Gasteiger partial charge is 0.362 e. The van der Waals surface area contributed by atoms with Crippen LogP contribution >= 0.6 is 23.2 Å². The van der Waals surface area contributed by atoms with Crippen LogP contribution in [0.1, 0.15) is 18.4 Å². The lowest BCUT2D eigenvalue weighted by Crippen LogP contribution is -2.24. The molecular weight excluding hydrogens is 276 g/mol. The first-order chi connectivity index (χ1) is 7.86. The van der Waals surface area contributed by atoms with Crippen molar-refractivity contribution in [1.29, 1.82) is 0 Å². The average Bonchev–Trinajstić information content (AvgIpc) is 3.00. The van der Waals surface area contributed by atoms with E-state index in [1.807, 2.05) is 0 Å². The van der Waals surface area contributed by atoms with Gasteiger partial charge in [0, 0.05) is 12.1 Å². The van der Waals surface area contributed by atoms with E-state index in [1.54, 1.807) is 0 Å². The number of hydrogen-bond acceptors (Lipinski definition) is 2. The van der Waals surface area contributed by atoms with Gasteiger partial charge in [-0.2, -0.15) is 13.2 Å². The summed E-state index contributed by atoms with van der Waals surface area (Å²) in [5.41, 5.74) is -1.11. The number of alkyl halides is 4. The van der Waals surface area contributed by atoms with E-state index in [1.165, 1.54) is 0 Å². The fourth-order valence-electron chi connectivity index (χ4n) is 1.38. The number of nitrogens with zero attached hydrogens (tertiary/aromatic N) is 1. The molecule has 0 spiro atoms. The molecule has 2 rings (SSSR count). The third-order valence-electron chi connectivity index (χ3n) is 2.66. The topological polar surface area (TPSA) is 24.9 Å². The van der Waals surface area contributed by atoms with Crippen molar-refractivity contribution in [2.45, 2.75) is 24.6 Å². The van der Waals surface area contributed by atoms with E-state index in [-0.39, 0.29) is 16.4 Å². The Bertz CT molecular complexity index is 430. The van der Waals surface area contributed by atoms with E-state index < -0.39 is 11.7 Å². The molecule has 1 aliphatic carbocycles. The summed E-state index contributed by atoms with van der Waals surface area (Å²) in [7, 11) is 0. The molecule has 1 heterocycles. The second-order valence-electron chi connectivity index (χ2n) is 4.09.